The standard InChI is InChI=1S/C8H13/c1-5-8(4)6-7(2)3/h5H,1-4H3/b8-5+. The molecule has 0 rings (SSSR count). The minimum atomic E-state index is 1.21. The first kappa shape index (κ1) is 7.48. The van der Waals surface area contributed by atoms with E-state index in [2.05, 4.69) is 6.08 Å². The molecule has 0 fully saturated rings. The molecule has 0 aliphatic rings. The quantitative estimate of drug-likeness (QED) is 0.454. The zero-order chi connectivity index (χ0) is 6.57. The smallest absolute Gasteiger partial charge is 0.0170 e. The maximum atomic E-state index is 3.17. The lowest BCUT2D eigenvalue weighted by Crippen LogP contribution is -1.69. The van der Waals surface area contributed by atoms with Gasteiger partial charge in [-0.2, -0.15) is 0 Å². The van der Waals surface area contributed by atoms with Gasteiger partial charge in [0.25, 0.3) is 0 Å². The van der Waals surface area contributed by atoms with Crippen molar-refractivity contribution >= 4 is 0 Å². The monoisotopic (exact) mass is 109 g/mol. The molecular formula is C8H13. The Morgan fingerprint density at radius 3 is 1.88 bits per heavy atom. The van der Waals surface area contributed by atoms with Gasteiger partial charge < -0.3 is 0 Å². The van der Waals surface area contributed by atoms with Crippen molar-refractivity contribution in [1.29, 1.82) is 0 Å². The molecule has 0 amide bonds. The minimum absolute atomic E-state index is 1.21. The molecule has 0 nitrogen and oxygen atoms in total. The number of hydrogen-bond acceptors (Lipinski definition) is 0. The van der Waals surface area contributed by atoms with Crippen LogP contribution in [0.15, 0.2) is 17.2 Å². The highest BCUT2D eigenvalue weighted by Gasteiger charge is 1.78. The van der Waals surface area contributed by atoms with Gasteiger partial charge in [0.15, 0.2) is 0 Å². The van der Waals surface area contributed by atoms with Crippen molar-refractivity contribution in [2.45, 2.75) is 27.7 Å². The van der Waals surface area contributed by atoms with E-state index < -0.39 is 0 Å². The summed E-state index contributed by atoms with van der Waals surface area (Å²) in [6, 6.07) is 0. The van der Waals surface area contributed by atoms with Crippen LogP contribution in [0.1, 0.15) is 27.7 Å². The fourth-order valence-corrected chi connectivity index (χ4v) is 0.467. The molecule has 0 unspecified atom stereocenters. The second-order valence-electron chi connectivity index (χ2n) is 2.10. The Labute approximate surface area is 51.9 Å². The van der Waals surface area contributed by atoms with Crippen LogP contribution in [-0.4, -0.2) is 0 Å². The molecule has 0 atom stereocenters. The highest BCUT2D eigenvalue weighted by Crippen LogP contribution is 1.96. The molecule has 8 heavy (non-hydrogen) atoms. The van der Waals surface area contributed by atoms with Crippen molar-refractivity contribution in [2.75, 3.05) is 0 Å². The maximum absolute atomic E-state index is 3.17. The Hall–Kier alpha value is -0.520. The summed E-state index contributed by atoms with van der Waals surface area (Å²) in [6.07, 6.45) is 5.22. The summed E-state index contributed by atoms with van der Waals surface area (Å²) < 4.78 is 0. The zero-order valence-electron chi connectivity index (χ0n) is 6.08. The second-order valence-corrected chi connectivity index (χ2v) is 2.10. The summed E-state index contributed by atoms with van der Waals surface area (Å²) in [7, 11) is 0. The molecule has 45 valence electrons. The van der Waals surface area contributed by atoms with Crippen molar-refractivity contribution in [2.24, 2.45) is 0 Å². The average molecular weight is 109 g/mol. The topological polar surface area (TPSA) is 0 Å². The maximum Gasteiger partial charge on any atom is -0.0170 e. The summed E-state index contributed by atoms with van der Waals surface area (Å²) in [5, 5.41) is 0. The van der Waals surface area contributed by atoms with Crippen molar-refractivity contribution in [3.8, 4) is 0 Å². The number of allylic oxidation sites excluding steroid dienone is 4. The first-order valence-corrected chi connectivity index (χ1v) is 2.87. The van der Waals surface area contributed by atoms with Gasteiger partial charge in [0.2, 0.25) is 0 Å². The molecule has 0 aliphatic carbocycles. The van der Waals surface area contributed by atoms with Gasteiger partial charge in [0.05, 0.1) is 0 Å². The van der Waals surface area contributed by atoms with E-state index in [9.17, 15) is 0 Å². The predicted molar refractivity (Wildman–Crippen MR) is 37.5 cm³/mol. The van der Waals surface area contributed by atoms with Crippen LogP contribution in [0.3, 0.4) is 0 Å². The lowest BCUT2D eigenvalue weighted by Gasteiger charge is -1.87. The molecule has 0 aliphatic heterocycles. The molecule has 0 spiro atoms. The van der Waals surface area contributed by atoms with Gasteiger partial charge in [0.1, 0.15) is 0 Å². The Balaban J connectivity index is 3.89. The van der Waals surface area contributed by atoms with E-state index in [0.717, 1.165) is 0 Å². The fourth-order valence-electron chi connectivity index (χ4n) is 0.467. The first-order valence-electron chi connectivity index (χ1n) is 2.87. The number of rotatable bonds is 1. The van der Waals surface area contributed by atoms with Gasteiger partial charge in [-0.1, -0.05) is 11.6 Å². The zero-order valence-corrected chi connectivity index (χ0v) is 6.08. The highest BCUT2D eigenvalue weighted by atomic mass is 13.8. The largest absolute Gasteiger partial charge is 0.0841 e. The van der Waals surface area contributed by atoms with Crippen LogP contribution < -0.4 is 0 Å². The van der Waals surface area contributed by atoms with Gasteiger partial charge in [-0.15, -0.1) is 0 Å². The van der Waals surface area contributed by atoms with E-state index >= 15 is 0 Å². The summed E-state index contributed by atoms with van der Waals surface area (Å²) in [6.45, 7) is 8.16. The van der Waals surface area contributed by atoms with Crippen molar-refractivity contribution < 1.29 is 0 Å². The van der Waals surface area contributed by atoms with Gasteiger partial charge in [0, 0.05) is 0 Å². The Morgan fingerprint density at radius 2 is 1.75 bits per heavy atom. The van der Waals surface area contributed by atoms with E-state index in [1.165, 1.54) is 11.1 Å². The van der Waals surface area contributed by atoms with Crippen molar-refractivity contribution in [3.05, 3.63) is 23.3 Å². The lowest BCUT2D eigenvalue weighted by molar-refractivity contribution is 1.31. The summed E-state index contributed by atoms with van der Waals surface area (Å²) >= 11 is 0. The summed E-state index contributed by atoms with van der Waals surface area (Å²) in [5.74, 6) is 0. The first-order chi connectivity index (χ1) is 3.66. The van der Waals surface area contributed by atoms with Crippen LogP contribution in [0, 0.1) is 6.08 Å². The molecule has 0 saturated heterocycles. The van der Waals surface area contributed by atoms with Gasteiger partial charge in [-0.25, -0.2) is 0 Å². The van der Waals surface area contributed by atoms with Gasteiger partial charge in [-0.3, -0.25) is 0 Å². The molecular weight excluding hydrogens is 96.1 g/mol. The molecule has 0 bridgehead atoms. The minimum Gasteiger partial charge on any atom is -0.0841 e. The predicted octanol–water partition coefficient (Wildman–Crippen LogP) is 2.72. The average Bonchev–Trinajstić information content (AvgIpc) is 1.65. The Bertz CT molecular complexity index is 112. The van der Waals surface area contributed by atoms with Crippen LogP contribution in [0.4, 0.5) is 0 Å². The third-order valence-electron chi connectivity index (χ3n) is 0.880. The van der Waals surface area contributed by atoms with E-state index in [0.29, 0.717) is 0 Å². The molecule has 0 aromatic heterocycles. The van der Waals surface area contributed by atoms with Crippen molar-refractivity contribution in [1.82, 2.24) is 0 Å². The highest BCUT2D eigenvalue weighted by molar-refractivity contribution is 5.11. The SMILES string of the molecule is C/C=C(\C)[C]=C(C)C. The molecule has 1 radical (unpaired) electrons. The molecule has 0 aromatic rings. The second kappa shape index (κ2) is 3.48. The summed E-state index contributed by atoms with van der Waals surface area (Å²) in [4.78, 5) is 0. The molecule has 0 N–H and O–H groups in total. The number of hydrogen-bond donors (Lipinski definition) is 0. The third kappa shape index (κ3) is 3.66. The van der Waals surface area contributed by atoms with Gasteiger partial charge in [-0.05, 0) is 39.3 Å². The lowest BCUT2D eigenvalue weighted by atomic mass is 10.2. The summed E-state index contributed by atoms with van der Waals surface area (Å²) in [5.41, 5.74) is 2.45. The molecule has 0 saturated carbocycles. The van der Waals surface area contributed by atoms with E-state index in [4.69, 9.17) is 0 Å². The van der Waals surface area contributed by atoms with Crippen LogP contribution in [0.25, 0.3) is 0 Å². The Morgan fingerprint density at radius 1 is 1.25 bits per heavy atom. The van der Waals surface area contributed by atoms with Crippen molar-refractivity contribution in [3.63, 3.8) is 0 Å². The van der Waals surface area contributed by atoms with Crippen LogP contribution >= 0.6 is 0 Å². The fraction of sp³-hybridized carbons (Fsp3) is 0.500. The van der Waals surface area contributed by atoms with Crippen LogP contribution in [-0.2, 0) is 0 Å². The molecule has 0 heterocycles. The van der Waals surface area contributed by atoms with E-state index in [-0.39, 0.29) is 0 Å². The van der Waals surface area contributed by atoms with Gasteiger partial charge >= 0.3 is 0 Å². The Kier molecular flexibility index (Phi) is 3.25. The molecule has 0 heteroatoms. The van der Waals surface area contributed by atoms with Crippen LogP contribution in [0.2, 0.25) is 0 Å². The van der Waals surface area contributed by atoms with E-state index in [1.54, 1.807) is 0 Å². The molecule has 0 aromatic carbocycles. The third-order valence-corrected chi connectivity index (χ3v) is 0.880. The normalized spacial score (nSPS) is 11.2. The van der Waals surface area contributed by atoms with E-state index in [1.807, 2.05) is 33.8 Å². The van der Waals surface area contributed by atoms with Crippen LogP contribution in [0.5, 0.6) is 0 Å².